The molecule has 0 spiro atoms. The van der Waals surface area contributed by atoms with Crippen molar-refractivity contribution in [1.29, 1.82) is 0 Å². The molecule has 2 rings (SSSR count). The Morgan fingerprint density at radius 2 is 2.06 bits per heavy atom. The van der Waals surface area contributed by atoms with Crippen LogP contribution in [0.1, 0.15) is 0 Å². The summed E-state index contributed by atoms with van der Waals surface area (Å²) in [4.78, 5) is 0. The minimum absolute atomic E-state index is 0.0299. The number of nitrogens with one attached hydrogen (secondary N) is 1. The van der Waals surface area contributed by atoms with Gasteiger partial charge in [-0.25, -0.2) is 13.9 Å². The molecule has 0 radical (unpaired) electrons. The van der Waals surface area contributed by atoms with E-state index in [0.29, 0.717) is 0 Å². The fourth-order valence-corrected chi connectivity index (χ4v) is 1.78. The quantitative estimate of drug-likeness (QED) is 0.629. The van der Waals surface area contributed by atoms with E-state index in [0.717, 1.165) is 16.7 Å². The van der Waals surface area contributed by atoms with Crippen molar-refractivity contribution in [3.63, 3.8) is 0 Å². The Morgan fingerprint density at radius 3 is 2.62 bits per heavy atom. The Labute approximate surface area is 102 Å². The van der Waals surface area contributed by atoms with Gasteiger partial charge in [0, 0.05) is 6.07 Å². The number of hydrogen-bond donors (Lipinski definition) is 2. The highest BCUT2D eigenvalue weighted by molar-refractivity contribution is 9.10. The van der Waals surface area contributed by atoms with Crippen molar-refractivity contribution < 1.29 is 8.78 Å². The van der Waals surface area contributed by atoms with Crippen LogP contribution in [0.2, 0.25) is 0 Å². The second kappa shape index (κ2) is 3.95. The van der Waals surface area contributed by atoms with Crippen LogP contribution in [0.4, 0.5) is 14.7 Å². The third kappa shape index (κ3) is 1.74. The first-order valence-electron chi connectivity index (χ1n) is 4.08. The van der Waals surface area contributed by atoms with Crippen molar-refractivity contribution in [3.8, 4) is 5.69 Å². The summed E-state index contributed by atoms with van der Waals surface area (Å²) in [5.74, 6) is -1.30. The molecule has 0 aliphatic heterocycles. The van der Waals surface area contributed by atoms with Crippen molar-refractivity contribution >= 4 is 34.1 Å². The Bertz CT molecular complexity index is 607. The molecule has 0 amide bonds. The zero-order valence-corrected chi connectivity index (χ0v) is 10.1. The van der Waals surface area contributed by atoms with E-state index in [1.165, 1.54) is 0 Å². The van der Waals surface area contributed by atoms with Crippen molar-refractivity contribution in [3.05, 3.63) is 33.0 Å². The van der Waals surface area contributed by atoms with E-state index in [2.05, 4.69) is 26.1 Å². The van der Waals surface area contributed by atoms with E-state index in [1.807, 2.05) is 0 Å². The fraction of sp³-hybridized carbons (Fsp3) is 0. The molecule has 1 heterocycles. The Morgan fingerprint density at radius 1 is 1.38 bits per heavy atom. The summed E-state index contributed by atoms with van der Waals surface area (Å²) >= 11 is 7.73. The predicted octanol–water partition coefficient (Wildman–Crippen LogP) is 2.55. The summed E-state index contributed by atoms with van der Waals surface area (Å²) < 4.78 is 28.1. The van der Waals surface area contributed by atoms with Gasteiger partial charge in [0.25, 0.3) is 0 Å². The summed E-state index contributed by atoms with van der Waals surface area (Å²) in [5.41, 5.74) is 5.40. The van der Waals surface area contributed by atoms with Crippen LogP contribution >= 0.6 is 28.1 Å². The number of nitrogen functional groups attached to an aromatic ring is 1. The number of H-pyrrole nitrogens is 1. The first kappa shape index (κ1) is 11.2. The maximum absolute atomic E-state index is 13.6. The van der Waals surface area contributed by atoms with Gasteiger partial charge in [0.2, 0.25) is 10.7 Å². The smallest absolute Gasteiger partial charge is 0.225 e. The minimum Gasteiger partial charge on any atom is -0.368 e. The summed E-state index contributed by atoms with van der Waals surface area (Å²) in [6, 6.07) is 1.99. The number of nitrogens with zero attached hydrogens (tertiary/aromatic N) is 2. The Hall–Kier alpha value is -1.28. The second-order valence-electron chi connectivity index (χ2n) is 2.94. The molecule has 1 aromatic heterocycles. The van der Waals surface area contributed by atoms with E-state index in [1.54, 1.807) is 0 Å². The van der Waals surface area contributed by atoms with Gasteiger partial charge in [0.15, 0.2) is 0 Å². The van der Waals surface area contributed by atoms with Gasteiger partial charge in [-0.15, -0.1) is 5.10 Å². The minimum atomic E-state index is -0.655. The molecule has 0 saturated carbocycles. The monoisotopic (exact) mass is 306 g/mol. The average Bonchev–Trinajstić information content (AvgIpc) is 2.53. The van der Waals surface area contributed by atoms with Crippen LogP contribution in [-0.2, 0) is 0 Å². The van der Waals surface area contributed by atoms with Gasteiger partial charge in [-0.3, -0.25) is 4.57 Å². The van der Waals surface area contributed by atoms with E-state index in [9.17, 15) is 8.78 Å². The van der Waals surface area contributed by atoms with Gasteiger partial charge in [-0.2, -0.15) is 0 Å². The molecule has 8 heteroatoms. The molecule has 0 saturated heterocycles. The van der Waals surface area contributed by atoms with Crippen LogP contribution in [0.25, 0.3) is 5.69 Å². The van der Waals surface area contributed by atoms with Crippen LogP contribution < -0.4 is 5.73 Å². The Balaban J connectivity index is 2.74. The summed E-state index contributed by atoms with van der Waals surface area (Å²) in [7, 11) is 0. The topological polar surface area (TPSA) is 59.6 Å². The number of nitrogens with two attached hydrogens (primary N) is 1. The van der Waals surface area contributed by atoms with E-state index < -0.39 is 11.6 Å². The number of halogens is 3. The molecule has 0 atom stereocenters. The average molecular weight is 307 g/mol. The van der Waals surface area contributed by atoms with Gasteiger partial charge in [0.05, 0.1) is 10.2 Å². The molecule has 3 N–H and O–H groups in total. The number of hydrogen-bond acceptors (Lipinski definition) is 3. The SMILES string of the molecule is Nc1n[nH]c(=S)n1-c1cc(F)c(Br)cc1F. The van der Waals surface area contributed by atoms with E-state index in [4.69, 9.17) is 18.0 Å². The molecule has 0 aliphatic carbocycles. The number of benzene rings is 1. The number of aromatic amines is 1. The first-order valence-corrected chi connectivity index (χ1v) is 5.28. The molecular formula is C8H5BrF2N4S. The van der Waals surface area contributed by atoms with Crippen LogP contribution in [0.5, 0.6) is 0 Å². The molecule has 2 aromatic rings. The number of aromatic nitrogens is 3. The molecule has 0 unspecified atom stereocenters. The summed E-state index contributed by atoms with van der Waals surface area (Å²) in [5, 5.41) is 6.00. The Kier molecular flexibility index (Phi) is 2.76. The molecule has 0 aliphatic rings. The normalized spacial score (nSPS) is 10.7. The lowest BCUT2D eigenvalue weighted by molar-refractivity contribution is 0.587. The molecular weight excluding hydrogens is 302 g/mol. The number of anilines is 1. The summed E-state index contributed by atoms with van der Waals surface area (Å²) in [6.07, 6.45) is 0. The molecule has 0 bridgehead atoms. The van der Waals surface area contributed by atoms with Gasteiger partial charge < -0.3 is 5.73 Å². The van der Waals surface area contributed by atoms with E-state index in [-0.39, 0.29) is 20.9 Å². The zero-order valence-electron chi connectivity index (χ0n) is 7.67. The van der Waals surface area contributed by atoms with Gasteiger partial charge >= 0.3 is 0 Å². The van der Waals surface area contributed by atoms with Crippen LogP contribution in [-0.4, -0.2) is 14.8 Å². The molecule has 4 nitrogen and oxygen atoms in total. The highest BCUT2D eigenvalue weighted by Gasteiger charge is 2.13. The highest BCUT2D eigenvalue weighted by Crippen LogP contribution is 2.23. The summed E-state index contributed by atoms with van der Waals surface area (Å²) in [6.45, 7) is 0. The zero-order chi connectivity index (χ0) is 11.9. The lowest BCUT2D eigenvalue weighted by atomic mass is 10.3. The van der Waals surface area contributed by atoms with Gasteiger partial charge in [0.1, 0.15) is 11.6 Å². The molecule has 0 fully saturated rings. The molecule has 1 aromatic carbocycles. The first-order chi connectivity index (χ1) is 7.50. The standard InChI is InChI=1S/C8H5BrF2N4S/c9-3-1-5(11)6(2-4(3)10)15-7(12)13-14-8(15)16/h1-2H,(H2,12,13)(H,14,16). The van der Waals surface area contributed by atoms with Crippen LogP contribution in [0, 0.1) is 16.4 Å². The fourth-order valence-electron chi connectivity index (χ4n) is 1.23. The van der Waals surface area contributed by atoms with Crippen molar-refractivity contribution in [2.75, 3.05) is 5.73 Å². The van der Waals surface area contributed by atoms with Crippen molar-refractivity contribution in [2.24, 2.45) is 0 Å². The van der Waals surface area contributed by atoms with Crippen LogP contribution in [0.15, 0.2) is 16.6 Å². The predicted molar refractivity (Wildman–Crippen MR) is 60.8 cm³/mol. The largest absolute Gasteiger partial charge is 0.368 e. The van der Waals surface area contributed by atoms with Gasteiger partial charge in [-0.1, -0.05) is 0 Å². The third-order valence-electron chi connectivity index (χ3n) is 1.93. The van der Waals surface area contributed by atoms with E-state index >= 15 is 0 Å². The van der Waals surface area contributed by atoms with Crippen molar-refractivity contribution in [2.45, 2.75) is 0 Å². The highest BCUT2D eigenvalue weighted by atomic mass is 79.9. The van der Waals surface area contributed by atoms with Crippen LogP contribution in [0.3, 0.4) is 0 Å². The molecule has 84 valence electrons. The lowest BCUT2D eigenvalue weighted by Gasteiger charge is -2.06. The third-order valence-corrected chi connectivity index (χ3v) is 2.81. The maximum Gasteiger partial charge on any atom is 0.225 e. The maximum atomic E-state index is 13.6. The van der Waals surface area contributed by atoms with Crippen molar-refractivity contribution in [1.82, 2.24) is 14.8 Å². The lowest BCUT2D eigenvalue weighted by Crippen LogP contribution is -2.04. The second-order valence-corrected chi connectivity index (χ2v) is 4.18. The number of rotatable bonds is 1. The van der Waals surface area contributed by atoms with Gasteiger partial charge in [-0.05, 0) is 34.2 Å². The molecule has 16 heavy (non-hydrogen) atoms.